The summed E-state index contributed by atoms with van der Waals surface area (Å²) >= 11 is 0. The van der Waals surface area contributed by atoms with E-state index in [4.69, 9.17) is 0 Å². The molecule has 1 aliphatic carbocycles. The lowest BCUT2D eigenvalue weighted by Gasteiger charge is -2.42. The van der Waals surface area contributed by atoms with Crippen molar-refractivity contribution < 1.29 is 0 Å². The molecule has 1 heteroatoms. The van der Waals surface area contributed by atoms with Crippen LogP contribution in [0.25, 0.3) is 0 Å². The van der Waals surface area contributed by atoms with E-state index in [-0.39, 0.29) is 0 Å². The van der Waals surface area contributed by atoms with E-state index < -0.39 is 0 Å². The molecule has 0 spiro atoms. The third-order valence-electron chi connectivity index (χ3n) is 1.95. The zero-order valence-corrected chi connectivity index (χ0v) is 4.35. The molecular formula is C6H10N. The summed E-state index contributed by atoms with van der Waals surface area (Å²) in [7, 11) is 0. The summed E-state index contributed by atoms with van der Waals surface area (Å²) in [4.78, 5) is 0. The molecule has 2 bridgehead atoms. The Balaban J connectivity index is 1.99. The topological polar surface area (TPSA) is 12.0 Å². The monoisotopic (exact) mass is 96.1 g/mol. The third-order valence-corrected chi connectivity index (χ3v) is 1.95. The van der Waals surface area contributed by atoms with Crippen molar-refractivity contribution in [3.05, 3.63) is 6.42 Å². The van der Waals surface area contributed by atoms with Crippen LogP contribution in [-0.4, -0.2) is 12.1 Å². The van der Waals surface area contributed by atoms with Crippen LogP contribution in [0.3, 0.4) is 0 Å². The van der Waals surface area contributed by atoms with Gasteiger partial charge in [-0.25, -0.2) is 0 Å². The highest BCUT2D eigenvalue weighted by Crippen LogP contribution is 2.26. The van der Waals surface area contributed by atoms with Crippen LogP contribution in [0.4, 0.5) is 0 Å². The van der Waals surface area contributed by atoms with Gasteiger partial charge in [-0.3, -0.25) is 0 Å². The van der Waals surface area contributed by atoms with Crippen LogP contribution >= 0.6 is 0 Å². The predicted octanol–water partition coefficient (Wildman–Crippen LogP) is 0.715. The van der Waals surface area contributed by atoms with Gasteiger partial charge >= 0.3 is 0 Å². The van der Waals surface area contributed by atoms with Crippen LogP contribution in [-0.2, 0) is 0 Å². The van der Waals surface area contributed by atoms with Crippen LogP contribution in [0, 0.1) is 6.42 Å². The summed E-state index contributed by atoms with van der Waals surface area (Å²) in [5, 5.41) is 3.42. The third kappa shape index (κ3) is 0.480. The van der Waals surface area contributed by atoms with Crippen molar-refractivity contribution in [2.45, 2.75) is 31.3 Å². The molecule has 7 heavy (non-hydrogen) atoms. The maximum absolute atomic E-state index is 3.42. The second kappa shape index (κ2) is 1.22. The average Bonchev–Trinajstić information content (AvgIpc) is 1.67. The number of fused-ring (bicyclic) bond motifs is 2. The van der Waals surface area contributed by atoms with E-state index in [1.54, 1.807) is 0 Å². The molecule has 1 N–H and O–H groups in total. The van der Waals surface area contributed by atoms with Crippen molar-refractivity contribution in [2.75, 3.05) is 0 Å². The summed E-state index contributed by atoms with van der Waals surface area (Å²) < 4.78 is 0. The Morgan fingerprint density at radius 1 is 1.57 bits per heavy atom. The number of nitrogens with one attached hydrogen (secondary N) is 1. The van der Waals surface area contributed by atoms with E-state index in [0.717, 1.165) is 12.1 Å². The lowest BCUT2D eigenvalue weighted by Crippen LogP contribution is -2.55. The van der Waals surface area contributed by atoms with Crippen LogP contribution in [0.15, 0.2) is 0 Å². The Morgan fingerprint density at radius 2 is 2.43 bits per heavy atom. The van der Waals surface area contributed by atoms with E-state index >= 15 is 0 Å². The molecule has 2 saturated heterocycles. The van der Waals surface area contributed by atoms with Gasteiger partial charge in [0.25, 0.3) is 0 Å². The fraction of sp³-hybridized carbons (Fsp3) is 0.833. The molecule has 1 saturated carbocycles. The molecule has 0 aromatic heterocycles. The minimum Gasteiger partial charge on any atom is -0.311 e. The summed E-state index contributed by atoms with van der Waals surface area (Å²) in [6.45, 7) is 0. The van der Waals surface area contributed by atoms with E-state index in [2.05, 4.69) is 11.7 Å². The highest BCUT2D eigenvalue weighted by Gasteiger charge is 2.31. The molecule has 3 rings (SSSR count). The molecule has 1 radical (unpaired) electrons. The number of hydrogen-bond acceptors (Lipinski definition) is 1. The molecule has 39 valence electrons. The van der Waals surface area contributed by atoms with Crippen LogP contribution in [0.1, 0.15) is 19.3 Å². The first-order chi connectivity index (χ1) is 3.45. The highest BCUT2D eigenvalue weighted by atomic mass is 15.0. The van der Waals surface area contributed by atoms with Gasteiger partial charge in [0.05, 0.1) is 0 Å². The Morgan fingerprint density at radius 3 is 2.57 bits per heavy atom. The Labute approximate surface area is 44.1 Å². The van der Waals surface area contributed by atoms with Crippen LogP contribution in [0.5, 0.6) is 0 Å². The van der Waals surface area contributed by atoms with Gasteiger partial charge in [0.2, 0.25) is 0 Å². The van der Waals surface area contributed by atoms with Gasteiger partial charge in [-0.1, -0.05) is 0 Å². The SMILES string of the molecule is [CH]1CCC2CC1N2. The Kier molecular flexibility index (Phi) is 0.680. The second-order valence-electron chi connectivity index (χ2n) is 2.52. The van der Waals surface area contributed by atoms with Gasteiger partial charge in [-0.15, -0.1) is 0 Å². The van der Waals surface area contributed by atoms with Crippen molar-refractivity contribution in [2.24, 2.45) is 0 Å². The highest BCUT2D eigenvalue weighted by molar-refractivity contribution is 5.02. The first kappa shape index (κ1) is 3.90. The molecule has 0 amide bonds. The van der Waals surface area contributed by atoms with Gasteiger partial charge in [0.1, 0.15) is 0 Å². The maximum Gasteiger partial charge on any atom is 0.0116 e. The van der Waals surface area contributed by atoms with Crippen molar-refractivity contribution in [1.82, 2.24) is 5.32 Å². The predicted molar refractivity (Wildman–Crippen MR) is 28.9 cm³/mol. The normalized spacial score (nSPS) is 48.0. The molecule has 1 nitrogen and oxygen atoms in total. The van der Waals surface area contributed by atoms with Crippen molar-refractivity contribution in [1.29, 1.82) is 0 Å². The largest absolute Gasteiger partial charge is 0.311 e. The Bertz CT molecular complexity index is 60.7. The second-order valence-corrected chi connectivity index (χ2v) is 2.52. The summed E-state index contributed by atoms with van der Waals surface area (Å²) in [5.74, 6) is 0. The fourth-order valence-corrected chi connectivity index (χ4v) is 1.45. The minimum absolute atomic E-state index is 0.804. The zero-order valence-electron chi connectivity index (χ0n) is 4.35. The molecule has 2 unspecified atom stereocenters. The molecule has 0 aromatic carbocycles. The van der Waals surface area contributed by atoms with E-state index in [1.165, 1.54) is 19.3 Å². The molecular weight excluding hydrogens is 86.1 g/mol. The van der Waals surface area contributed by atoms with Crippen LogP contribution in [0.2, 0.25) is 0 Å². The lowest BCUT2D eigenvalue weighted by atomic mass is 9.83. The zero-order chi connectivity index (χ0) is 4.69. The van der Waals surface area contributed by atoms with Gasteiger partial charge < -0.3 is 5.32 Å². The standard InChI is InChI=1S/C6H10N/c1-2-5-4-6(3-1)7-5/h2,5-7H,1,3-4H2. The first-order valence-corrected chi connectivity index (χ1v) is 3.04. The number of hydrogen-bond donors (Lipinski definition) is 1. The van der Waals surface area contributed by atoms with Crippen molar-refractivity contribution in [3.8, 4) is 0 Å². The minimum atomic E-state index is 0.804. The quantitative estimate of drug-likeness (QED) is 0.468. The molecule has 2 heterocycles. The van der Waals surface area contributed by atoms with Gasteiger partial charge in [-0.2, -0.15) is 0 Å². The summed E-state index contributed by atoms with van der Waals surface area (Å²) in [5.41, 5.74) is 0. The molecule has 0 aromatic rings. The average molecular weight is 96.2 g/mol. The molecule has 3 aliphatic rings. The fourth-order valence-electron chi connectivity index (χ4n) is 1.45. The molecule has 2 atom stereocenters. The van der Waals surface area contributed by atoms with Crippen molar-refractivity contribution >= 4 is 0 Å². The number of piperidine rings is 1. The van der Waals surface area contributed by atoms with Gasteiger partial charge in [-0.05, 0) is 25.7 Å². The van der Waals surface area contributed by atoms with Gasteiger partial charge in [0.15, 0.2) is 0 Å². The van der Waals surface area contributed by atoms with Crippen molar-refractivity contribution in [3.63, 3.8) is 0 Å². The molecule has 3 fully saturated rings. The lowest BCUT2D eigenvalue weighted by molar-refractivity contribution is 0.233. The first-order valence-electron chi connectivity index (χ1n) is 3.04. The van der Waals surface area contributed by atoms with E-state index in [1.807, 2.05) is 0 Å². The smallest absolute Gasteiger partial charge is 0.0116 e. The van der Waals surface area contributed by atoms with E-state index in [9.17, 15) is 0 Å². The Hall–Kier alpha value is -0.0400. The van der Waals surface area contributed by atoms with Crippen LogP contribution < -0.4 is 5.32 Å². The molecule has 2 aliphatic heterocycles. The van der Waals surface area contributed by atoms with Gasteiger partial charge in [0, 0.05) is 12.1 Å². The summed E-state index contributed by atoms with van der Waals surface area (Å²) in [6.07, 6.45) is 6.54. The van der Waals surface area contributed by atoms with E-state index in [0.29, 0.717) is 0 Å². The maximum atomic E-state index is 3.42. The summed E-state index contributed by atoms with van der Waals surface area (Å²) in [6, 6.07) is 1.70. The number of rotatable bonds is 0.